The molecule has 20 heavy (non-hydrogen) atoms. The summed E-state index contributed by atoms with van der Waals surface area (Å²) in [6.07, 6.45) is 8.02. The lowest BCUT2D eigenvalue weighted by molar-refractivity contribution is 0.335. The summed E-state index contributed by atoms with van der Waals surface area (Å²) >= 11 is 11.9. The summed E-state index contributed by atoms with van der Waals surface area (Å²) < 4.78 is 0. The number of rotatable bonds is 4. The van der Waals surface area contributed by atoms with Gasteiger partial charge in [-0.25, -0.2) is 0 Å². The van der Waals surface area contributed by atoms with Gasteiger partial charge in [0.15, 0.2) is 0 Å². The second kappa shape index (κ2) is 7.53. The van der Waals surface area contributed by atoms with Gasteiger partial charge in [-0.2, -0.15) is 0 Å². The summed E-state index contributed by atoms with van der Waals surface area (Å²) in [4.78, 5) is 0. The number of phenolic OH excluding ortho intramolecular Hbond substituents is 1. The summed E-state index contributed by atoms with van der Waals surface area (Å²) in [5.74, 6) is 0.867. The van der Waals surface area contributed by atoms with Crippen LogP contribution in [-0.4, -0.2) is 11.1 Å². The van der Waals surface area contributed by atoms with Crippen LogP contribution in [-0.2, 0) is 6.54 Å². The lowest BCUT2D eigenvalue weighted by atomic mass is 9.93. The molecule has 4 heteroatoms. The minimum atomic E-state index is 0.136. The van der Waals surface area contributed by atoms with E-state index in [1.807, 2.05) is 0 Å². The Balaban J connectivity index is 1.94. The van der Waals surface area contributed by atoms with Gasteiger partial charge >= 0.3 is 0 Å². The first kappa shape index (κ1) is 15.9. The van der Waals surface area contributed by atoms with Gasteiger partial charge in [0.25, 0.3) is 0 Å². The van der Waals surface area contributed by atoms with Gasteiger partial charge in [0.05, 0.1) is 5.02 Å². The van der Waals surface area contributed by atoms with Crippen LogP contribution in [0, 0.1) is 5.92 Å². The fourth-order valence-electron chi connectivity index (χ4n) is 3.00. The molecule has 1 saturated carbocycles. The van der Waals surface area contributed by atoms with E-state index in [9.17, 15) is 5.11 Å². The van der Waals surface area contributed by atoms with Crippen LogP contribution in [0.4, 0.5) is 0 Å². The Morgan fingerprint density at radius 1 is 1.20 bits per heavy atom. The second-order valence-corrected chi connectivity index (χ2v) is 6.66. The summed E-state index contributed by atoms with van der Waals surface area (Å²) in [5.41, 5.74) is 0.767. The summed E-state index contributed by atoms with van der Waals surface area (Å²) in [7, 11) is 0. The van der Waals surface area contributed by atoms with Crippen molar-refractivity contribution in [1.29, 1.82) is 0 Å². The molecule has 0 unspecified atom stereocenters. The van der Waals surface area contributed by atoms with Crippen molar-refractivity contribution < 1.29 is 5.11 Å². The largest absolute Gasteiger partial charge is 0.506 e. The minimum Gasteiger partial charge on any atom is -0.506 e. The van der Waals surface area contributed by atoms with E-state index in [4.69, 9.17) is 23.2 Å². The number of aromatic hydroxyl groups is 1. The SMILES string of the molecule is C[C@@H](NCc1cc(Cl)cc(Cl)c1O)C1CCCCCC1. The molecule has 2 nitrogen and oxygen atoms in total. The first-order valence-corrected chi connectivity index (χ1v) is 8.24. The normalized spacial score (nSPS) is 18.8. The van der Waals surface area contributed by atoms with Crippen LogP contribution in [0.3, 0.4) is 0 Å². The Morgan fingerprint density at radius 3 is 2.50 bits per heavy atom. The standard InChI is InChI=1S/C16H23Cl2NO/c1-11(12-6-4-2-3-5-7-12)19-10-13-8-14(17)9-15(18)16(13)20/h8-9,11-12,19-20H,2-7,10H2,1H3/t11-/m1/s1. The van der Waals surface area contributed by atoms with Crippen molar-refractivity contribution in [2.75, 3.05) is 0 Å². The van der Waals surface area contributed by atoms with Crippen LogP contribution < -0.4 is 5.32 Å². The zero-order valence-corrected chi connectivity index (χ0v) is 13.5. The van der Waals surface area contributed by atoms with Crippen molar-refractivity contribution >= 4 is 23.2 Å². The van der Waals surface area contributed by atoms with Crippen molar-refractivity contribution in [2.24, 2.45) is 5.92 Å². The molecule has 112 valence electrons. The van der Waals surface area contributed by atoms with E-state index in [0.29, 0.717) is 22.6 Å². The molecular formula is C16H23Cl2NO. The van der Waals surface area contributed by atoms with Crippen molar-refractivity contribution in [1.82, 2.24) is 5.32 Å². The van der Waals surface area contributed by atoms with Crippen LogP contribution >= 0.6 is 23.2 Å². The smallest absolute Gasteiger partial charge is 0.138 e. The molecule has 0 saturated heterocycles. The highest BCUT2D eigenvalue weighted by atomic mass is 35.5. The molecule has 0 amide bonds. The number of benzene rings is 1. The highest BCUT2D eigenvalue weighted by Crippen LogP contribution is 2.31. The summed E-state index contributed by atoms with van der Waals surface area (Å²) in [6, 6.07) is 3.79. The molecule has 1 fully saturated rings. The van der Waals surface area contributed by atoms with Crippen LogP contribution in [0.25, 0.3) is 0 Å². The van der Waals surface area contributed by atoms with Gasteiger partial charge < -0.3 is 10.4 Å². The lowest BCUT2D eigenvalue weighted by Crippen LogP contribution is -2.33. The van der Waals surface area contributed by atoms with E-state index >= 15 is 0 Å². The summed E-state index contributed by atoms with van der Waals surface area (Å²) in [6.45, 7) is 2.84. The molecule has 2 rings (SSSR count). The molecule has 1 aliphatic rings. The third-order valence-corrected chi connectivity index (χ3v) is 4.83. The molecule has 0 bridgehead atoms. The third-order valence-electron chi connectivity index (χ3n) is 4.33. The first-order chi connectivity index (χ1) is 9.58. The fraction of sp³-hybridized carbons (Fsp3) is 0.625. The molecule has 0 aromatic heterocycles. The number of halogens is 2. The summed E-state index contributed by atoms with van der Waals surface area (Å²) in [5, 5.41) is 14.4. The van der Waals surface area contributed by atoms with E-state index in [2.05, 4.69) is 12.2 Å². The molecule has 0 heterocycles. The molecule has 2 N–H and O–H groups in total. The van der Waals surface area contributed by atoms with E-state index in [-0.39, 0.29) is 5.75 Å². The molecule has 0 spiro atoms. The molecule has 1 aromatic carbocycles. The van der Waals surface area contributed by atoms with Crippen LogP contribution in [0.2, 0.25) is 10.0 Å². The second-order valence-electron chi connectivity index (χ2n) is 5.82. The van der Waals surface area contributed by atoms with Crippen LogP contribution in [0.1, 0.15) is 51.0 Å². The Hall–Kier alpha value is -0.440. The van der Waals surface area contributed by atoms with Gasteiger partial charge in [0.2, 0.25) is 0 Å². The average Bonchev–Trinajstić information content (AvgIpc) is 2.69. The fourth-order valence-corrected chi connectivity index (χ4v) is 3.54. The zero-order valence-electron chi connectivity index (χ0n) is 12.0. The topological polar surface area (TPSA) is 32.3 Å². The molecule has 1 atom stereocenters. The van der Waals surface area contributed by atoms with Gasteiger partial charge in [-0.05, 0) is 37.8 Å². The number of phenols is 1. The lowest BCUT2D eigenvalue weighted by Gasteiger charge is -2.24. The maximum atomic E-state index is 9.96. The van der Waals surface area contributed by atoms with E-state index in [1.54, 1.807) is 12.1 Å². The van der Waals surface area contributed by atoms with E-state index in [0.717, 1.165) is 11.5 Å². The van der Waals surface area contributed by atoms with Crippen LogP contribution in [0.15, 0.2) is 12.1 Å². The van der Waals surface area contributed by atoms with Crippen molar-refractivity contribution in [3.05, 3.63) is 27.7 Å². The Labute approximate surface area is 131 Å². The molecule has 1 aliphatic carbocycles. The Kier molecular flexibility index (Phi) is 6.01. The van der Waals surface area contributed by atoms with Gasteiger partial charge in [-0.3, -0.25) is 0 Å². The Morgan fingerprint density at radius 2 is 1.85 bits per heavy atom. The molecular weight excluding hydrogens is 293 g/mol. The number of nitrogens with one attached hydrogen (secondary N) is 1. The van der Waals surface area contributed by atoms with Gasteiger partial charge in [-0.15, -0.1) is 0 Å². The van der Waals surface area contributed by atoms with Crippen molar-refractivity contribution in [3.8, 4) is 5.75 Å². The average molecular weight is 316 g/mol. The molecule has 1 aromatic rings. The quantitative estimate of drug-likeness (QED) is 0.753. The highest BCUT2D eigenvalue weighted by molar-refractivity contribution is 6.35. The van der Waals surface area contributed by atoms with Gasteiger partial charge in [-0.1, -0.05) is 48.9 Å². The van der Waals surface area contributed by atoms with Crippen LogP contribution in [0.5, 0.6) is 5.75 Å². The monoisotopic (exact) mass is 315 g/mol. The maximum Gasteiger partial charge on any atom is 0.138 e. The van der Waals surface area contributed by atoms with Crippen molar-refractivity contribution in [2.45, 2.75) is 58.0 Å². The first-order valence-electron chi connectivity index (χ1n) is 7.48. The van der Waals surface area contributed by atoms with Gasteiger partial charge in [0, 0.05) is 23.2 Å². The maximum absolute atomic E-state index is 9.96. The Bertz CT molecular complexity index is 442. The molecule has 0 aliphatic heterocycles. The van der Waals surface area contributed by atoms with E-state index in [1.165, 1.54) is 38.5 Å². The highest BCUT2D eigenvalue weighted by Gasteiger charge is 2.19. The van der Waals surface area contributed by atoms with Gasteiger partial charge in [0.1, 0.15) is 5.75 Å². The number of hydrogen-bond donors (Lipinski definition) is 2. The zero-order chi connectivity index (χ0) is 14.5. The number of hydrogen-bond acceptors (Lipinski definition) is 2. The predicted molar refractivity (Wildman–Crippen MR) is 85.6 cm³/mol. The third kappa shape index (κ3) is 4.28. The van der Waals surface area contributed by atoms with Crippen molar-refractivity contribution in [3.63, 3.8) is 0 Å². The van der Waals surface area contributed by atoms with E-state index < -0.39 is 0 Å². The predicted octanol–water partition coefficient (Wildman–Crippen LogP) is 5.15. The minimum absolute atomic E-state index is 0.136. The molecule has 0 radical (unpaired) electrons.